The van der Waals surface area contributed by atoms with E-state index in [1.807, 2.05) is 0 Å². The molecule has 0 bridgehead atoms. The Morgan fingerprint density at radius 3 is 2.57 bits per heavy atom. The fourth-order valence-electron chi connectivity index (χ4n) is 3.44. The fraction of sp³-hybridized carbons (Fsp3) is 0.667. The Labute approximate surface area is 138 Å². The van der Waals surface area contributed by atoms with Crippen LogP contribution in [0, 0.1) is 0 Å². The van der Waals surface area contributed by atoms with Crippen molar-refractivity contribution in [2.24, 2.45) is 5.73 Å². The lowest BCUT2D eigenvalue weighted by atomic mass is 9.92. The number of hydrogen-bond acceptors (Lipinski definition) is 2. The number of rotatable bonds is 6. The van der Waals surface area contributed by atoms with Crippen LogP contribution >= 0.6 is 15.9 Å². The van der Waals surface area contributed by atoms with Crippen LogP contribution in [-0.4, -0.2) is 18.6 Å². The van der Waals surface area contributed by atoms with Crippen LogP contribution < -0.4 is 10.6 Å². The van der Waals surface area contributed by atoms with E-state index in [0.717, 1.165) is 23.9 Å². The van der Waals surface area contributed by atoms with Crippen molar-refractivity contribution in [3.05, 3.63) is 28.2 Å². The van der Waals surface area contributed by atoms with E-state index in [1.165, 1.54) is 43.4 Å². The van der Waals surface area contributed by atoms with E-state index in [-0.39, 0.29) is 6.04 Å². The molecular formula is C18H29BrN2. The van der Waals surface area contributed by atoms with Crippen LogP contribution in [0.5, 0.6) is 0 Å². The molecule has 3 heteroatoms. The van der Waals surface area contributed by atoms with E-state index in [4.69, 9.17) is 5.73 Å². The van der Waals surface area contributed by atoms with Crippen molar-refractivity contribution in [1.82, 2.24) is 0 Å². The number of halogens is 1. The molecule has 1 fully saturated rings. The second-order valence-electron chi connectivity index (χ2n) is 6.22. The van der Waals surface area contributed by atoms with Crippen LogP contribution in [0.1, 0.15) is 57.9 Å². The Balaban J connectivity index is 2.26. The lowest BCUT2D eigenvalue weighted by molar-refractivity contribution is 0.417. The normalized spacial score (nSPS) is 17.7. The maximum atomic E-state index is 6.21. The number of benzene rings is 1. The molecule has 2 rings (SSSR count). The lowest BCUT2D eigenvalue weighted by Crippen LogP contribution is -2.37. The molecule has 1 aliphatic carbocycles. The van der Waals surface area contributed by atoms with Gasteiger partial charge >= 0.3 is 0 Å². The average molecular weight is 353 g/mol. The Kier molecular flexibility index (Phi) is 6.56. The van der Waals surface area contributed by atoms with Crippen molar-refractivity contribution in [2.75, 3.05) is 11.4 Å². The monoisotopic (exact) mass is 352 g/mol. The molecule has 0 spiro atoms. The largest absolute Gasteiger partial charge is 0.369 e. The highest BCUT2D eigenvalue weighted by atomic mass is 79.9. The van der Waals surface area contributed by atoms with E-state index in [2.05, 4.69) is 52.9 Å². The van der Waals surface area contributed by atoms with Gasteiger partial charge in [-0.25, -0.2) is 0 Å². The summed E-state index contributed by atoms with van der Waals surface area (Å²) < 4.78 is 1.16. The first-order chi connectivity index (χ1) is 10.2. The minimum Gasteiger partial charge on any atom is -0.369 e. The maximum absolute atomic E-state index is 6.21. The van der Waals surface area contributed by atoms with E-state index >= 15 is 0 Å². The van der Waals surface area contributed by atoms with Gasteiger partial charge in [0.15, 0.2) is 0 Å². The standard InChI is InChI=1S/C18H29BrN2/c1-3-16(20)13-14-12-15(19)10-11-18(14)21(4-2)17-8-6-5-7-9-17/h10-12,16-17H,3-9,13,20H2,1-2H3. The molecule has 21 heavy (non-hydrogen) atoms. The number of nitrogens with zero attached hydrogens (tertiary/aromatic N) is 1. The predicted molar refractivity (Wildman–Crippen MR) is 96.0 cm³/mol. The summed E-state index contributed by atoms with van der Waals surface area (Å²) in [5.74, 6) is 0. The van der Waals surface area contributed by atoms with Gasteiger partial charge in [-0.1, -0.05) is 42.1 Å². The zero-order valence-electron chi connectivity index (χ0n) is 13.4. The van der Waals surface area contributed by atoms with Gasteiger partial charge in [0.1, 0.15) is 0 Å². The van der Waals surface area contributed by atoms with Gasteiger partial charge in [0, 0.05) is 28.8 Å². The van der Waals surface area contributed by atoms with Gasteiger partial charge in [0.05, 0.1) is 0 Å². The molecule has 1 aliphatic rings. The van der Waals surface area contributed by atoms with Crippen molar-refractivity contribution in [1.29, 1.82) is 0 Å². The van der Waals surface area contributed by atoms with Crippen LogP contribution in [0.2, 0.25) is 0 Å². The van der Waals surface area contributed by atoms with Gasteiger partial charge in [0.25, 0.3) is 0 Å². The van der Waals surface area contributed by atoms with Gasteiger partial charge in [-0.2, -0.15) is 0 Å². The highest BCUT2D eigenvalue weighted by Crippen LogP contribution is 2.32. The van der Waals surface area contributed by atoms with E-state index in [9.17, 15) is 0 Å². The molecule has 2 nitrogen and oxygen atoms in total. The summed E-state index contributed by atoms with van der Waals surface area (Å²) in [7, 11) is 0. The SMILES string of the molecule is CCC(N)Cc1cc(Br)ccc1N(CC)C1CCCCC1. The molecule has 118 valence electrons. The van der Waals surface area contributed by atoms with Crippen LogP contribution in [0.4, 0.5) is 5.69 Å². The molecule has 0 aliphatic heterocycles. The Bertz CT molecular complexity index is 441. The maximum Gasteiger partial charge on any atom is 0.0402 e. The summed E-state index contributed by atoms with van der Waals surface area (Å²) in [4.78, 5) is 2.61. The zero-order chi connectivity index (χ0) is 15.2. The van der Waals surface area contributed by atoms with Crippen LogP contribution in [-0.2, 0) is 6.42 Å². The summed E-state index contributed by atoms with van der Waals surface area (Å²) in [6.07, 6.45) is 8.83. The third kappa shape index (κ3) is 4.46. The smallest absolute Gasteiger partial charge is 0.0402 e. The van der Waals surface area contributed by atoms with Crippen molar-refractivity contribution in [3.8, 4) is 0 Å². The topological polar surface area (TPSA) is 29.3 Å². The molecular weight excluding hydrogens is 324 g/mol. The molecule has 0 heterocycles. The van der Waals surface area contributed by atoms with Gasteiger partial charge in [-0.05, 0) is 56.4 Å². The Morgan fingerprint density at radius 1 is 1.24 bits per heavy atom. The minimum atomic E-state index is 0.253. The summed E-state index contributed by atoms with van der Waals surface area (Å²) in [5, 5.41) is 0. The molecule has 0 amide bonds. The third-order valence-electron chi connectivity index (χ3n) is 4.71. The molecule has 0 aromatic heterocycles. The second kappa shape index (κ2) is 8.19. The Hall–Kier alpha value is -0.540. The first-order valence-corrected chi connectivity index (χ1v) is 9.25. The zero-order valence-corrected chi connectivity index (χ0v) is 15.0. The molecule has 2 N–H and O–H groups in total. The number of anilines is 1. The van der Waals surface area contributed by atoms with Crippen LogP contribution in [0.3, 0.4) is 0 Å². The molecule has 1 unspecified atom stereocenters. The first-order valence-electron chi connectivity index (χ1n) is 8.46. The van der Waals surface area contributed by atoms with Crippen molar-refractivity contribution in [3.63, 3.8) is 0 Å². The fourth-order valence-corrected chi connectivity index (χ4v) is 3.85. The molecule has 0 saturated heterocycles. The molecule has 1 atom stereocenters. The Morgan fingerprint density at radius 2 is 1.95 bits per heavy atom. The van der Waals surface area contributed by atoms with Crippen LogP contribution in [0.15, 0.2) is 22.7 Å². The first kappa shape index (κ1) is 16.8. The van der Waals surface area contributed by atoms with Gasteiger partial charge in [0.2, 0.25) is 0 Å². The highest BCUT2D eigenvalue weighted by molar-refractivity contribution is 9.10. The van der Waals surface area contributed by atoms with Gasteiger partial charge in [-0.3, -0.25) is 0 Å². The number of nitrogens with two attached hydrogens (primary N) is 1. The highest BCUT2D eigenvalue weighted by Gasteiger charge is 2.22. The predicted octanol–water partition coefficient (Wildman–Crippen LogP) is 4.89. The molecule has 1 aromatic carbocycles. The molecule has 1 saturated carbocycles. The third-order valence-corrected chi connectivity index (χ3v) is 5.21. The quantitative estimate of drug-likeness (QED) is 0.789. The van der Waals surface area contributed by atoms with Crippen molar-refractivity contribution >= 4 is 21.6 Å². The lowest BCUT2D eigenvalue weighted by Gasteiger charge is -2.37. The van der Waals surface area contributed by atoms with Gasteiger partial charge < -0.3 is 10.6 Å². The summed E-state index contributed by atoms with van der Waals surface area (Å²) in [6, 6.07) is 7.67. The summed E-state index contributed by atoms with van der Waals surface area (Å²) in [6.45, 7) is 5.53. The van der Waals surface area contributed by atoms with Gasteiger partial charge in [-0.15, -0.1) is 0 Å². The van der Waals surface area contributed by atoms with Crippen LogP contribution in [0.25, 0.3) is 0 Å². The van der Waals surface area contributed by atoms with Crippen molar-refractivity contribution in [2.45, 2.75) is 70.9 Å². The molecule has 1 aromatic rings. The minimum absolute atomic E-state index is 0.253. The summed E-state index contributed by atoms with van der Waals surface area (Å²) in [5.41, 5.74) is 9.00. The second-order valence-corrected chi connectivity index (χ2v) is 7.14. The van der Waals surface area contributed by atoms with E-state index < -0.39 is 0 Å². The summed E-state index contributed by atoms with van der Waals surface area (Å²) >= 11 is 3.62. The number of hydrogen-bond donors (Lipinski definition) is 1. The van der Waals surface area contributed by atoms with Crippen molar-refractivity contribution < 1.29 is 0 Å². The average Bonchev–Trinajstić information content (AvgIpc) is 2.51. The molecule has 0 radical (unpaired) electrons. The van der Waals surface area contributed by atoms with E-state index in [1.54, 1.807) is 0 Å². The van der Waals surface area contributed by atoms with E-state index in [0.29, 0.717) is 6.04 Å².